The number of ether oxygens (including phenoxy) is 4. The number of carbonyl (C=O) groups is 2. The molecule has 3 aromatic rings. The number of anilines is 1. The van der Waals surface area contributed by atoms with Crippen LogP contribution in [0.1, 0.15) is 22.8 Å². The van der Waals surface area contributed by atoms with Crippen LogP contribution in [-0.2, 0) is 16.1 Å². The molecule has 7 nitrogen and oxygen atoms in total. The van der Waals surface area contributed by atoms with Gasteiger partial charge in [0.1, 0.15) is 12.4 Å². The molecule has 0 bridgehead atoms. The molecule has 0 saturated heterocycles. The standard InChI is InChI=1S/C24H21NO6/c1-16(23(26)25-18-11-12-21-22(13-18)30-15-29-21)31-24(27)20-10-6-5-7-17(20)14-28-19-8-3-2-4-9-19/h2-13,16H,14-15H2,1H3,(H,25,26)/t16-/m0/s1. The molecule has 0 spiro atoms. The van der Waals surface area contributed by atoms with E-state index in [4.69, 9.17) is 18.9 Å². The van der Waals surface area contributed by atoms with Crippen LogP contribution < -0.4 is 19.5 Å². The molecule has 1 aliphatic rings. The predicted molar refractivity (Wildman–Crippen MR) is 113 cm³/mol. The molecule has 1 heterocycles. The van der Waals surface area contributed by atoms with E-state index >= 15 is 0 Å². The fraction of sp³-hybridized carbons (Fsp3) is 0.167. The van der Waals surface area contributed by atoms with Gasteiger partial charge in [-0.3, -0.25) is 4.79 Å². The lowest BCUT2D eigenvalue weighted by atomic mass is 10.1. The summed E-state index contributed by atoms with van der Waals surface area (Å²) in [7, 11) is 0. The van der Waals surface area contributed by atoms with Gasteiger partial charge in [-0.05, 0) is 37.3 Å². The van der Waals surface area contributed by atoms with Crippen molar-refractivity contribution >= 4 is 17.6 Å². The fourth-order valence-corrected chi connectivity index (χ4v) is 3.02. The molecule has 0 saturated carbocycles. The summed E-state index contributed by atoms with van der Waals surface area (Å²) in [5.74, 6) is 0.814. The molecule has 31 heavy (non-hydrogen) atoms. The number of nitrogens with one attached hydrogen (secondary N) is 1. The lowest BCUT2D eigenvalue weighted by molar-refractivity contribution is -0.123. The molecule has 0 radical (unpaired) electrons. The number of amides is 1. The van der Waals surface area contributed by atoms with Gasteiger partial charge in [0.05, 0.1) is 5.56 Å². The highest BCUT2D eigenvalue weighted by Gasteiger charge is 2.22. The van der Waals surface area contributed by atoms with Crippen LogP contribution in [-0.4, -0.2) is 24.8 Å². The highest BCUT2D eigenvalue weighted by atomic mass is 16.7. The van der Waals surface area contributed by atoms with E-state index in [9.17, 15) is 9.59 Å². The number of carbonyl (C=O) groups excluding carboxylic acids is 2. The van der Waals surface area contributed by atoms with Crippen molar-refractivity contribution in [3.63, 3.8) is 0 Å². The molecular formula is C24H21NO6. The van der Waals surface area contributed by atoms with Crippen molar-refractivity contribution in [3.05, 3.63) is 83.9 Å². The summed E-state index contributed by atoms with van der Waals surface area (Å²) in [4.78, 5) is 25.2. The number of rotatable bonds is 7. The summed E-state index contributed by atoms with van der Waals surface area (Å²) in [5, 5.41) is 2.71. The van der Waals surface area contributed by atoms with Gasteiger partial charge < -0.3 is 24.3 Å². The second-order valence-electron chi connectivity index (χ2n) is 6.86. The van der Waals surface area contributed by atoms with Gasteiger partial charge in [0.2, 0.25) is 6.79 Å². The van der Waals surface area contributed by atoms with Crippen LogP contribution in [0.2, 0.25) is 0 Å². The van der Waals surface area contributed by atoms with Gasteiger partial charge in [-0.25, -0.2) is 4.79 Å². The summed E-state index contributed by atoms with van der Waals surface area (Å²) < 4.78 is 21.7. The molecule has 7 heteroatoms. The first kappa shape index (κ1) is 20.3. The minimum absolute atomic E-state index is 0.147. The topological polar surface area (TPSA) is 83.1 Å². The van der Waals surface area contributed by atoms with Crippen LogP contribution in [0, 0.1) is 0 Å². The van der Waals surface area contributed by atoms with Gasteiger partial charge in [-0.15, -0.1) is 0 Å². The van der Waals surface area contributed by atoms with Crippen molar-refractivity contribution in [2.45, 2.75) is 19.6 Å². The van der Waals surface area contributed by atoms with Crippen molar-refractivity contribution in [1.82, 2.24) is 0 Å². The maximum Gasteiger partial charge on any atom is 0.339 e. The van der Waals surface area contributed by atoms with E-state index in [0.29, 0.717) is 34.1 Å². The number of fused-ring (bicyclic) bond motifs is 1. The number of esters is 1. The van der Waals surface area contributed by atoms with Gasteiger partial charge in [-0.2, -0.15) is 0 Å². The Morgan fingerprint density at radius 1 is 0.968 bits per heavy atom. The Labute approximate surface area is 179 Å². The fourth-order valence-electron chi connectivity index (χ4n) is 3.02. The summed E-state index contributed by atoms with van der Waals surface area (Å²) in [6.07, 6.45) is -0.999. The molecule has 3 aromatic carbocycles. The third kappa shape index (κ3) is 4.95. The lowest BCUT2D eigenvalue weighted by Crippen LogP contribution is -2.30. The van der Waals surface area contributed by atoms with Crippen molar-refractivity contribution < 1.29 is 28.5 Å². The molecule has 0 aliphatic carbocycles. The number of para-hydroxylation sites is 1. The summed E-state index contributed by atoms with van der Waals surface area (Å²) in [5.41, 5.74) is 1.54. The van der Waals surface area contributed by atoms with Crippen LogP contribution in [0.5, 0.6) is 17.2 Å². The SMILES string of the molecule is C[C@H](OC(=O)c1ccccc1COc1ccccc1)C(=O)Nc1ccc2c(c1)OCO2. The zero-order valence-corrected chi connectivity index (χ0v) is 16.9. The van der Waals surface area contributed by atoms with E-state index in [1.807, 2.05) is 36.4 Å². The Morgan fingerprint density at radius 2 is 1.71 bits per heavy atom. The van der Waals surface area contributed by atoms with Crippen molar-refractivity contribution in [2.24, 2.45) is 0 Å². The molecule has 1 atom stereocenters. The Hall–Kier alpha value is -4.00. The summed E-state index contributed by atoms with van der Waals surface area (Å²) in [6.45, 7) is 1.87. The highest BCUT2D eigenvalue weighted by molar-refractivity contribution is 5.98. The highest BCUT2D eigenvalue weighted by Crippen LogP contribution is 2.34. The molecular weight excluding hydrogens is 398 g/mol. The molecule has 4 rings (SSSR count). The second-order valence-corrected chi connectivity index (χ2v) is 6.86. The maximum atomic E-state index is 12.7. The lowest BCUT2D eigenvalue weighted by Gasteiger charge is -2.15. The van der Waals surface area contributed by atoms with Crippen LogP contribution in [0.4, 0.5) is 5.69 Å². The minimum atomic E-state index is -0.999. The van der Waals surface area contributed by atoms with Crippen LogP contribution in [0.25, 0.3) is 0 Å². The van der Waals surface area contributed by atoms with E-state index in [0.717, 1.165) is 0 Å². The average molecular weight is 419 g/mol. The van der Waals surface area contributed by atoms with Crippen molar-refractivity contribution in [2.75, 3.05) is 12.1 Å². The van der Waals surface area contributed by atoms with Crippen LogP contribution in [0.15, 0.2) is 72.8 Å². The van der Waals surface area contributed by atoms with Crippen LogP contribution >= 0.6 is 0 Å². The molecule has 1 N–H and O–H groups in total. The number of hydrogen-bond donors (Lipinski definition) is 1. The van der Waals surface area contributed by atoms with Gasteiger partial charge in [0, 0.05) is 17.3 Å². The van der Waals surface area contributed by atoms with Gasteiger partial charge in [-0.1, -0.05) is 36.4 Å². The Bertz CT molecular complexity index is 1080. The van der Waals surface area contributed by atoms with E-state index in [1.165, 1.54) is 6.92 Å². The molecule has 0 fully saturated rings. The van der Waals surface area contributed by atoms with E-state index in [-0.39, 0.29) is 13.4 Å². The normalized spacial score (nSPS) is 12.7. The third-order valence-electron chi connectivity index (χ3n) is 4.67. The first-order chi connectivity index (χ1) is 15.1. The van der Waals surface area contributed by atoms with Gasteiger partial charge >= 0.3 is 5.97 Å². The van der Waals surface area contributed by atoms with E-state index in [2.05, 4.69) is 5.32 Å². The largest absolute Gasteiger partial charge is 0.489 e. The maximum absolute atomic E-state index is 12.7. The quantitative estimate of drug-likeness (QED) is 0.579. The van der Waals surface area contributed by atoms with Gasteiger partial charge in [0.25, 0.3) is 5.91 Å². The van der Waals surface area contributed by atoms with E-state index < -0.39 is 18.0 Å². The average Bonchev–Trinajstić information content (AvgIpc) is 3.26. The molecule has 1 aliphatic heterocycles. The van der Waals surface area contributed by atoms with Gasteiger partial charge in [0.15, 0.2) is 17.6 Å². The second kappa shape index (κ2) is 9.21. The molecule has 0 unspecified atom stereocenters. The molecule has 158 valence electrons. The first-order valence-electron chi connectivity index (χ1n) is 9.77. The first-order valence-corrected chi connectivity index (χ1v) is 9.77. The smallest absolute Gasteiger partial charge is 0.339 e. The Morgan fingerprint density at radius 3 is 2.55 bits per heavy atom. The zero-order valence-electron chi connectivity index (χ0n) is 16.9. The predicted octanol–water partition coefficient (Wildman–Crippen LogP) is 4.18. The minimum Gasteiger partial charge on any atom is -0.489 e. The Kier molecular flexibility index (Phi) is 6.03. The zero-order chi connectivity index (χ0) is 21.6. The molecule has 1 amide bonds. The number of hydrogen-bond acceptors (Lipinski definition) is 6. The van der Waals surface area contributed by atoms with Crippen molar-refractivity contribution in [3.8, 4) is 17.2 Å². The monoisotopic (exact) mass is 419 g/mol. The van der Waals surface area contributed by atoms with Crippen molar-refractivity contribution in [1.29, 1.82) is 0 Å². The number of benzene rings is 3. The summed E-state index contributed by atoms with van der Waals surface area (Å²) >= 11 is 0. The van der Waals surface area contributed by atoms with E-state index in [1.54, 1.807) is 36.4 Å². The van der Waals surface area contributed by atoms with Crippen LogP contribution in [0.3, 0.4) is 0 Å². The third-order valence-corrected chi connectivity index (χ3v) is 4.67. The molecule has 0 aromatic heterocycles. The summed E-state index contributed by atoms with van der Waals surface area (Å²) in [6, 6.07) is 21.4. The Balaban J connectivity index is 1.37.